The second-order valence-corrected chi connectivity index (χ2v) is 4.00. The van der Waals surface area contributed by atoms with E-state index in [-0.39, 0.29) is 0 Å². The second kappa shape index (κ2) is 4.08. The van der Waals surface area contributed by atoms with Crippen molar-refractivity contribution in [3.05, 3.63) is 0 Å². The molecule has 0 aromatic heterocycles. The summed E-state index contributed by atoms with van der Waals surface area (Å²) in [5.74, 6) is 0. The Hall–Kier alpha value is 0.160. The van der Waals surface area contributed by atoms with E-state index in [1.807, 2.05) is 0 Å². The van der Waals surface area contributed by atoms with Crippen molar-refractivity contribution in [3.8, 4) is 0 Å². The molecule has 0 fully saturated rings. The molecule has 3 nitrogen and oxygen atoms in total. The molecule has 2 atom stereocenters. The molecule has 2 unspecified atom stereocenters. The summed E-state index contributed by atoms with van der Waals surface area (Å²) in [6.07, 6.45) is 0.435. The summed E-state index contributed by atoms with van der Waals surface area (Å²) in [5.41, 5.74) is 0. The Labute approximate surface area is 50.2 Å². The van der Waals surface area contributed by atoms with Crippen molar-refractivity contribution in [2.24, 2.45) is 0 Å². The third kappa shape index (κ3) is 4.32. The highest BCUT2D eigenvalue weighted by molar-refractivity contribution is 7.52. The summed E-state index contributed by atoms with van der Waals surface area (Å²) in [5, 5.41) is 0. The Morgan fingerprint density at radius 3 is 2.12 bits per heavy atom. The molecule has 5 heteroatoms. The first kappa shape index (κ1) is 8.16. The summed E-state index contributed by atoms with van der Waals surface area (Å²) in [6.45, 7) is 3.11. The first-order valence-electron chi connectivity index (χ1n) is 2.20. The van der Waals surface area contributed by atoms with Crippen LogP contribution in [0.5, 0.6) is 0 Å². The summed E-state index contributed by atoms with van der Waals surface area (Å²) in [7, 11) is -3.33. The minimum Gasteiger partial charge on any atom is -0.0300 e. The molecule has 0 rings (SSSR count). The van der Waals surface area contributed by atoms with Crippen molar-refractivity contribution < 1.29 is 13.4 Å². The average Bonchev–Trinajstić information content (AvgIpc) is 1.65. The van der Waals surface area contributed by atoms with E-state index in [4.69, 9.17) is 0 Å². The van der Waals surface area contributed by atoms with Crippen LogP contribution in [-0.2, 0) is 13.4 Å². The van der Waals surface area contributed by atoms with E-state index in [1.54, 1.807) is 6.92 Å². The van der Waals surface area contributed by atoms with E-state index in [9.17, 15) is 9.13 Å². The monoisotopic (exact) mass is 154 g/mol. The predicted molar refractivity (Wildman–Crippen MR) is 32.8 cm³/mol. The quantitative estimate of drug-likeness (QED) is 0.584. The highest BCUT2D eigenvalue weighted by Gasteiger charge is 2.26. The van der Waals surface area contributed by atoms with Gasteiger partial charge in [0.05, 0.1) is 0 Å². The zero-order valence-electron chi connectivity index (χ0n) is 4.83. The fraction of sp³-hybridized carbons (Fsp3) is 1.00. The molecule has 0 aliphatic carbocycles. The van der Waals surface area contributed by atoms with Crippen LogP contribution in [-0.4, -0.2) is 12.8 Å². The van der Waals surface area contributed by atoms with Gasteiger partial charge in [0.25, 0.3) is 0 Å². The van der Waals surface area contributed by atoms with Gasteiger partial charge in [-0.2, -0.15) is 0 Å². The normalized spacial score (nSPS) is 13.2. The molecular formula is C3H8O3P2+2. The van der Waals surface area contributed by atoms with E-state index in [0.717, 1.165) is 0 Å². The van der Waals surface area contributed by atoms with Gasteiger partial charge in [0.2, 0.25) is 0 Å². The van der Waals surface area contributed by atoms with Gasteiger partial charge < -0.3 is 0 Å². The third-order valence-corrected chi connectivity index (χ3v) is 2.63. The van der Waals surface area contributed by atoms with Crippen LogP contribution in [0.3, 0.4) is 0 Å². The lowest BCUT2D eigenvalue weighted by Gasteiger charge is -1.62. The number of hydrogen-bond acceptors (Lipinski definition) is 3. The first-order chi connectivity index (χ1) is 3.66. The maximum atomic E-state index is 10.4. The van der Waals surface area contributed by atoms with Gasteiger partial charge in [-0.3, -0.25) is 0 Å². The molecule has 0 heterocycles. The van der Waals surface area contributed by atoms with Crippen molar-refractivity contribution in [1.82, 2.24) is 0 Å². The second-order valence-electron chi connectivity index (χ2n) is 1.17. The van der Waals surface area contributed by atoms with Gasteiger partial charge in [-0.25, -0.2) is 0 Å². The first-order valence-corrected chi connectivity index (χ1v) is 5.19. The van der Waals surface area contributed by atoms with Gasteiger partial charge in [0, 0.05) is 0 Å². The molecule has 0 bridgehead atoms. The summed E-state index contributed by atoms with van der Waals surface area (Å²) >= 11 is 0. The smallest absolute Gasteiger partial charge is 0.0300 e. The summed E-state index contributed by atoms with van der Waals surface area (Å²) in [4.78, 5) is 0. The van der Waals surface area contributed by atoms with Crippen LogP contribution in [0, 0.1) is 0 Å². The molecule has 0 saturated carbocycles. The topological polar surface area (TPSA) is 43.4 Å². The van der Waals surface area contributed by atoms with Crippen LogP contribution in [0.4, 0.5) is 0 Å². The van der Waals surface area contributed by atoms with E-state index < -0.39 is 16.1 Å². The van der Waals surface area contributed by atoms with Crippen molar-refractivity contribution in [2.45, 2.75) is 6.92 Å². The zero-order valence-corrected chi connectivity index (χ0v) is 6.62. The van der Waals surface area contributed by atoms with E-state index in [0.29, 0.717) is 6.16 Å². The molecule has 0 radical (unpaired) electrons. The molecule has 0 saturated heterocycles. The van der Waals surface area contributed by atoms with Crippen LogP contribution in [0.25, 0.3) is 0 Å². The van der Waals surface area contributed by atoms with Crippen molar-refractivity contribution >= 4 is 16.1 Å². The molecule has 0 amide bonds. The van der Waals surface area contributed by atoms with Crippen LogP contribution < -0.4 is 0 Å². The molecule has 0 aliphatic heterocycles. The Kier molecular flexibility index (Phi) is 4.16. The fourth-order valence-corrected chi connectivity index (χ4v) is 1.67. The Bertz CT molecular complexity index is 111. The molecule has 8 heavy (non-hydrogen) atoms. The largest absolute Gasteiger partial charge is 0.561 e. The van der Waals surface area contributed by atoms with Crippen LogP contribution in [0.1, 0.15) is 6.92 Å². The van der Waals surface area contributed by atoms with Crippen molar-refractivity contribution in [3.63, 3.8) is 0 Å². The van der Waals surface area contributed by atoms with E-state index in [1.165, 1.54) is 6.66 Å². The maximum absolute atomic E-state index is 10.4. The van der Waals surface area contributed by atoms with Gasteiger partial charge >= 0.3 is 16.1 Å². The standard InChI is InChI=1S/C3H8O3P2/c1-3-8(5)6-7(2)4/h3H2,1-2H3/q+2. The lowest BCUT2D eigenvalue weighted by molar-refractivity contribution is 0.493. The van der Waals surface area contributed by atoms with Gasteiger partial charge in [0.1, 0.15) is 4.31 Å². The highest BCUT2D eigenvalue weighted by Crippen LogP contribution is 2.34. The minimum absolute atomic E-state index is 0.435. The summed E-state index contributed by atoms with van der Waals surface area (Å²) in [6, 6.07) is 0. The fourth-order valence-electron chi connectivity index (χ4n) is 0.186. The Morgan fingerprint density at radius 2 is 2.00 bits per heavy atom. The summed E-state index contributed by atoms with van der Waals surface area (Å²) < 4.78 is 24.9. The third-order valence-electron chi connectivity index (χ3n) is 0.464. The number of rotatable bonds is 3. The number of hydrogen-bond donors (Lipinski definition) is 0. The molecular weight excluding hydrogens is 146 g/mol. The van der Waals surface area contributed by atoms with E-state index in [2.05, 4.69) is 4.31 Å². The van der Waals surface area contributed by atoms with Gasteiger partial charge in [-0.15, -0.1) is 0 Å². The van der Waals surface area contributed by atoms with Crippen LogP contribution in [0.2, 0.25) is 0 Å². The zero-order chi connectivity index (χ0) is 6.57. The van der Waals surface area contributed by atoms with Gasteiger partial charge in [-0.1, -0.05) is 0 Å². The lowest BCUT2D eigenvalue weighted by Crippen LogP contribution is -1.66. The average molecular weight is 154 g/mol. The molecule has 0 N–H and O–H groups in total. The Balaban J connectivity index is 3.40. The Morgan fingerprint density at radius 1 is 1.50 bits per heavy atom. The van der Waals surface area contributed by atoms with E-state index >= 15 is 0 Å². The minimum atomic E-state index is -1.68. The molecule has 46 valence electrons. The van der Waals surface area contributed by atoms with Gasteiger partial charge in [0.15, 0.2) is 12.8 Å². The van der Waals surface area contributed by atoms with Crippen molar-refractivity contribution in [2.75, 3.05) is 12.8 Å². The molecule has 0 spiro atoms. The van der Waals surface area contributed by atoms with Crippen LogP contribution in [0.15, 0.2) is 0 Å². The SMILES string of the molecule is CC[P+](=O)O[P+](C)=O. The highest BCUT2D eigenvalue weighted by atomic mass is 31.2. The maximum Gasteiger partial charge on any atom is 0.561 e. The van der Waals surface area contributed by atoms with Crippen LogP contribution >= 0.6 is 16.1 Å². The molecule has 0 aliphatic rings. The van der Waals surface area contributed by atoms with Gasteiger partial charge in [-0.05, 0) is 16.1 Å². The predicted octanol–water partition coefficient (Wildman–Crippen LogP) is 2.14. The molecule has 0 aromatic carbocycles. The lowest BCUT2D eigenvalue weighted by atomic mass is 11.0. The molecule has 0 aromatic rings. The van der Waals surface area contributed by atoms with Crippen molar-refractivity contribution in [1.29, 1.82) is 0 Å².